The summed E-state index contributed by atoms with van der Waals surface area (Å²) in [6.45, 7) is 4.00. The van der Waals surface area contributed by atoms with Gasteiger partial charge in [0.05, 0.1) is 16.7 Å². The Hall–Kier alpha value is -2.47. The van der Waals surface area contributed by atoms with Gasteiger partial charge in [-0.2, -0.15) is 0 Å². The summed E-state index contributed by atoms with van der Waals surface area (Å²) in [5.41, 5.74) is 4.75. The fourth-order valence-electron chi connectivity index (χ4n) is 2.66. The highest BCUT2D eigenvalue weighted by Crippen LogP contribution is 2.29. The van der Waals surface area contributed by atoms with Gasteiger partial charge in [-0.1, -0.05) is 18.2 Å². The minimum atomic E-state index is 0.689. The summed E-state index contributed by atoms with van der Waals surface area (Å²) < 4.78 is 3.01. The van der Waals surface area contributed by atoms with E-state index in [2.05, 4.69) is 50.5 Å². The standard InChI is InChI=1S/C17H14BrN5/c1-10-7-8-13(12(18)9-10)19-16-17-22-21-11(2)23(17)15-6-4-3-5-14(15)20-16/h3-9H,1-2H3,(H,19,20). The van der Waals surface area contributed by atoms with Crippen molar-refractivity contribution in [1.82, 2.24) is 19.6 Å². The molecule has 0 radical (unpaired) electrons. The van der Waals surface area contributed by atoms with Crippen LogP contribution in [0, 0.1) is 13.8 Å². The minimum absolute atomic E-state index is 0.689. The van der Waals surface area contributed by atoms with Crippen molar-refractivity contribution in [2.45, 2.75) is 13.8 Å². The first-order valence-corrected chi connectivity index (χ1v) is 8.06. The molecule has 0 aliphatic heterocycles. The van der Waals surface area contributed by atoms with Crippen LogP contribution in [0.1, 0.15) is 11.4 Å². The number of aromatic nitrogens is 4. The Morgan fingerprint density at radius 2 is 1.87 bits per heavy atom. The molecule has 0 saturated carbocycles. The zero-order valence-corrected chi connectivity index (χ0v) is 14.3. The van der Waals surface area contributed by atoms with Crippen molar-refractivity contribution in [2.24, 2.45) is 0 Å². The van der Waals surface area contributed by atoms with Gasteiger partial charge in [0.15, 0.2) is 5.82 Å². The highest BCUT2D eigenvalue weighted by Gasteiger charge is 2.13. The SMILES string of the molecule is Cc1ccc(Nc2nc3ccccc3n3c(C)nnc23)c(Br)c1. The molecule has 0 bridgehead atoms. The summed E-state index contributed by atoms with van der Waals surface area (Å²) in [5.74, 6) is 1.53. The molecule has 1 N–H and O–H groups in total. The third kappa shape index (κ3) is 2.35. The second kappa shape index (κ2) is 5.31. The Kier molecular flexibility index (Phi) is 3.27. The highest BCUT2D eigenvalue weighted by atomic mass is 79.9. The van der Waals surface area contributed by atoms with E-state index < -0.39 is 0 Å². The number of fused-ring (bicyclic) bond motifs is 3. The lowest BCUT2D eigenvalue weighted by molar-refractivity contribution is 1.02. The van der Waals surface area contributed by atoms with E-state index in [4.69, 9.17) is 4.98 Å². The van der Waals surface area contributed by atoms with E-state index in [-0.39, 0.29) is 0 Å². The highest BCUT2D eigenvalue weighted by molar-refractivity contribution is 9.10. The van der Waals surface area contributed by atoms with Gasteiger partial charge in [-0.05, 0) is 59.6 Å². The summed E-state index contributed by atoms with van der Waals surface area (Å²) in [7, 11) is 0. The van der Waals surface area contributed by atoms with Crippen LogP contribution in [0.25, 0.3) is 16.7 Å². The third-order valence-corrected chi connectivity index (χ3v) is 4.43. The minimum Gasteiger partial charge on any atom is -0.336 e. The number of hydrogen-bond acceptors (Lipinski definition) is 4. The normalized spacial score (nSPS) is 11.3. The average Bonchev–Trinajstić information content (AvgIpc) is 2.93. The molecule has 2 heterocycles. The maximum Gasteiger partial charge on any atom is 0.204 e. The fraction of sp³-hybridized carbons (Fsp3) is 0.118. The number of anilines is 2. The van der Waals surface area contributed by atoms with Crippen LogP contribution in [0.2, 0.25) is 0 Å². The van der Waals surface area contributed by atoms with Crippen LogP contribution >= 0.6 is 15.9 Å². The first kappa shape index (κ1) is 14.1. The first-order chi connectivity index (χ1) is 11.1. The van der Waals surface area contributed by atoms with E-state index in [1.165, 1.54) is 5.56 Å². The van der Waals surface area contributed by atoms with Gasteiger partial charge in [0.2, 0.25) is 5.65 Å². The van der Waals surface area contributed by atoms with Crippen LogP contribution in [-0.2, 0) is 0 Å². The molecular weight excluding hydrogens is 354 g/mol. The summed E-state index contributed by atoms with van der Waals surface area (Å²) in [5, 5.41) is 11.9. The van der Waals surface area contributed by atoms with Crippen LogP contribution in [0.4, 0.5) is 11.5 Å². The van der Waals surface area contributed by atoms with E-state index in [0.717, 1.165) is 27.0 Å². The smallest absolute Gasteiger partial charge is 0.204 e. The van der Waals surface area contributed by atoms with Gasteiger partial charge in [0, 0.05) is 4.47 Å². The Morgan fingerprint density at radius 1 is 1.04 bits per heavy atom. The maximum atomic E-state index is 4.72. The molecule has 0 saturated heterocycles. The summed E-state index contributed by atoms with van der Waals surface area (Å²) in [4.78, 5) is 4.72. The van der Waals surface area contributed by atoms with E-state index in [0.29, 0.717) is 11.5 Å². The first-order valence-electron chi connectivity index (χ1n) is 7.27. The summed E-state index contributed by atoms with van der Waals surface area (Å²) in [6.07, 6.45) is 0. The molecule has 0 aliphatic carbocycles. The number of hydrogen-bond donors (Lipinski definition) is 1. The van der Waals surface area contributed by atoms with Crippen molar-refractivity contribution >= 4 is 44.1 Å². The zero-order chi connectivity index (χ0) is 16.0. The van der Waals surface area contributed by atoms with E-state index in [9.17, 15) is 0 Å². The van der Waals surface area contributed by atoms with Crippen LogP contribution < -0.4 is 5.32 Å². The number of rotatable bonds is 2. The molecule has 0 unspecified atom stereocenters. The molecule has 0 fully saturated rings. The van der Waals surface area contributed by atoms with Crippen molar-refractivity contribution < 1.29 is 0 Å². The van der Waals surface area contributed by atoms with E-state index in [1.54, 1.807) is 0 Å². The molecular formula is C17H14BrN5. The molecule has 114 valence electrons. The fourth-order valence-corrected chi connectivity index (χ4v) is 3.25. The number of para-hydroxylation sites is 2. The van der Waals surface area contributed by atoms with Crippen LogP contribution in [-0.4, -0.2) is 19.6 Å². The molecule has 0 aliphatic rings. The zero-order valence-electron chi connectivity index (χ0n) is 12.7. The molecule has 0 amide bonds. The second-order valence-corrected chi connectivity index (χ2v) is 6.32. The van der Waals surface area contributed by atoms with Gasteiger partial charge < -0.3 is 5.32 Å². The number of aryl methyl sites for hydroxylation is 2. The number of halogens is 1. The summed E-state index contributed by atoms with van der Waals surface area (Å²) in [6, 6.07) is 14.1. The Labute approximate surface area is 141 Å². The Morgan fingerprint density at radius 3 is 2.70 bits per heavy atom. The number of nitrogens with zero attached hydrogens (tertiary/aromatic N) is 4. The van der Waals surface area contributed by atoms with E-state index >= 15 is 0 Å². The van der Waals surface area contributed by atoms with Crippen molar-refractivity contribution in [1.29, 1.82) is 0 Å². The monoisotopic (exact) mass is 367 g/mol. The molecule has 6 heteroatoms. The number of benzene rings is 2. The Bertz CT molecular complexity index is 1040. The van der Waals surface area contributed by atoms with Crippen molar-refractivity contribution in [2.75, 3.05) is 5.32 Å². The summed E-state index contributed by atoms with van der Waals surface area (Å²) >= 11 is 3.59. The third-order valence-electron chi connectivity index (χ3n) is 3.77. The van der Waals surface area contributed by atoms with Crippen LogP contribution in [0.15, 0.2) is 46.9 Å². The van der Waals surface area contributed by atoms with Gasteiger partial charge >= 0.3 is 0 Å². The molecule has 23 heavy (non-hydrogen) atoms. The van der Waals surface area contributed by atoms with Crippen molar-refractivity contribution in [3.63, 3.8) is 0 Å². The molecule has 2 aromatic heterocycles. The lowest BCUT2D eigenvalue weighted by Gasteiger charge is -2.11. The topological polar surface area (TPSA) is 55.1 Å². The largest absolute Gasteiger partial charge is 0.336 e. The van der Waals surface area contributed by atoms with Crippen molar-refractivity contribution in [3.05, 3.63) is 58.3 Å². The molecule has 2 aromatic carbocycles. The molecule has 0 atom stereocenters. The molecule has 5 nitrogen and oxygen atoms in total. The van der Waals surface area contributed by atoms with E-state index in [1.807, 2.05) is 41.7 Å². The number of nitrogens with one attached hydrogen (secondary N) is 1. The lowest BCUT2D eigenvalue weighted by Crippen LogP contribution is -2.01. The predicted octanol–water partition coefficient (Wildman–Crippen LogP) is 4.40. The van der Waals surface area contributed by atoms with Gasteiger partial charge in [-0.3, -0.25) is 4.40 Å². The van der Waals surface area contributed by atoms with Gasteiger partial charge in [0.1, 0.15) is 5.82 Å². The van der Waals surface area contributed by atoms with Crippen molar-refractivity contribution in [3.8, 4) is 0 Å². The average molecular weight is 368 g/mol. The molecule has 0 spiro atoms. The van der Waals surface area contributed by atoms with Gasteiger partial charge in [-0.25, -0.2) is 4.98 Å². The Balaban J connectivity index is 1.95. The van der Waals surface area contributed by atoms with Gasteiger partial charge in [-0.15, -0.1) is 10.2 Å². The van der Waals surface area contributed by atoms with Crippen LogP contribution in [0.5, 0.6) is 0 Å². The maximum absolute atomic E-state index is 4.72. The van der Waals surface area contributed by atoms with Gasteiger partial charge in [0.25, 0.3) is 0 Å². The molecule has 4 rings (SSSR count). The lowest BCUT2D eigenvalue weighted by atomic mass is 10.2. The quantitative estimate of drug-likeness (QED) is 0.570. The molecule has 4 aromatic rings. The predicted molar refractivity (Wildman–Crippen MR) is 95.2 cm³/mol. The van der Waals surface area contributed by atoms with Crippen LogP contribution in [0.3, 0.4) is 0 Å². The second-order valence-electron chi connectivity index (χ2n) is 5.46.